The second kappa shape index (κ2) is 7.43. The van der Waals surface area contributed by atoms with Gasteiger partial charge in [0.1, 0.15) is 6.07 Å². The number of aliphatic imine (C=N–C) groups is 1. The maximum Gasteiger partial charge on any atom is 0.234 e. The van der Waals surface area contributed by atoms with Crippen molar-refractivity contribution in [3.05, 3.63) is 58.6 Å². The molecule has 2 aromatic carbocycles. The van der Waals surface area contributed by atoms with Gasteiger partial charge in [-0.2, -0.15) is 10.4 Å². The smallest absolute Gasteiger partial charge is 0.234 e. The molecule has 1 amide bonds. The van der Waals surface area contributed by atoms with E-state index in [9.17, 15) is 4.79 Å². The fraction of sp³-hybridized carbons (Fsp3) is 0.158. The van der Waals surface area contributed by atoms with Gasteiger partial charge in [0.15, 0.2) is 5.17 Å². The molecule has 134 valence electrons. The molecule has 2 aliphatic rings. The van der Waals surface area contributed by atoms with Gasteiger partial charge in [-0.25, -0.2) is 10.0 Å². The summed E-state index contributed by atoms with van der Waals surface area (Å²) in [6, 6.07) is 14.9. The predicted molar refractivity (Wildman–Crippen MR) is 108 cm³/mol. The normalized spacial score (nSPS) is 17.0. The Morgan fingerprint density at radius 2 is 2.22 bits per heavy atom. The summed E-state index contributed by atoms with van der Waals surface area (Å²) >= 11 is 7.34. The number of fused-ring (bicyclic) bond motifs is 3. The van der Waals surface area contributed by atoms with Gasteiger partial charge in [0.25, 0.3) is 0 Å². The molecule has 0 fully saturated rings. The molecule has 6 nitrogen and oxygen atoms in total. The van der Waals surface area contributed by atoms with Gasteiger partial charge < -0.3 is 5.32 Å². The van der Waals surface area contributed by atoms with E-state index >= 15 is 0 Å². The summed E-state index contributed by atoms with van der Waals surface area (Å²) in [5, 5.41) is 19.0. The van der Waals surface area contributed by atoms with Crippen molar-refractivity contribution >= 4 is 52.0 Å². The van der Waals surface area contributed by atoms with E-state index in [1.165, 1.54) is 11.8 Å². The molecule has 2 heterocycles. The molecule has 0 bridgehead atoms. The highest BCUT2D eigenvalue weighted by molar-refractivity contribution is 8.14. The molecule has 0 saturated carbocycles. The maximum absolute atomic E-state index is 12.3. The topological polar surface area (TPSA) is 80.8 Å². The summed E-state index contributed by atoms with van der Waals surface area (Å²) in [5.41, 5.74) is 3.00. The molecule has 4 rings (SSSR count). The molecule has 0 saturated heterocycles. The van der Waals surface area contributed by atoms with Gasteiger partial charge in [-0.15, -0.1) is 0 Å². The SMILES string of the molecule is N#Cc1ccc(NC(=O)CSC2=Nc3ccccc3[C@H]3CC=NN23)cc1Cl. The van der Waals surface area contributed by atoms with Gasteiger partial charge in [-0.1, -0.05) is 41.6 Å². The third-order valence-corrected chi connectivity index (χ3v) is 5.50. The molecule has 27 heavy (non-hydrogen) atoms. The first-order valence-corrected chi connectivity index (χ1v) is 9.63. The molecule has 0 unspecified atom stereocenters. The quantitative estimate of drug-likeness (QED) is 0.839. The number of halogens is 1. The van der Waals surface area contributed by atoms with Gasteiger partial charge in [0.05, 0.1) is 28.1 Å². The van der Waals surface area contributed by atoms with Crippen molar-refractivity contribution in [1.29, 1.82) is 5.26 Å². The van der Waals surface area contributed by atoms with Crippen molar-refractivity contribution in [2.45, 2.75) is 12.5 Å². The Morgan fingerprint density at radius 1 is 1.37 bits per heavy atom. The van der Waals surface area contributed by atoms with Crippen LogP contribution in [0.15, 0.2) is 52.6 Å². The van der Waals surface area contributed by atoms with Crippen LogP contribution >= 0.6 is 23.4 Å². The summed E-state index contributed by atoms with van der Waals surface area (Å²) in [6.07, 6.45) is 2.70. The van der Waals surface area contributed by atoms with Gasteiger partial charge >= 0.3 is 0 Å². The molecule has 0 spiro atoms. The van der Waals surface area contributed by atoms with E-state index in [1.807, 2.05) is 35.5 Å². The fourth-order valence-electron chi connectivity index (χ4n) is 2.99. The Morgan fingerprint density at radius 3 is 3.04 bits per heavy atom. The van der Waals surface area contributed by atoms with Crippen LogP contribution in [0.3, 0.4) is 0 Å². The third kappa shape index (κ3) is 3.54. The van der Waals surface area contributed by atoms with E-state index in [-0.39, 0.29) is 17.7 Å². The van der Waals surface area contributed by atoms with E-state index in [0.717, 1.165) is 17.7 Å². The monoisotopic (exact) mass is 395 g/mol. The number of nitrogens with zero attached hydrogens (tertiary/aromatic N) is 4. The molecular formula is C19H14ClN5OS. The van der Waals surface area contributed by atoms with Crippen LogP contribution in [-0.4, -0.2) is 28.1 Å². The molecule has 1 N–H and O–H groups in total. The summed E-state index contributed by atoms with van der Waals surface area (Å²) in [5.74, 6) is 0.0132. The number of hydrogen-bond donors (Lipinski definition) is 1. The number of carbonyl (C=O) groups is 1. The van der Waals surface area contributed by atoms with Gasteiger partial charge in [-0.05, 0) is 24.3 Å². The number of carbonyl (C=O) groups excluding carboxylic acids is 1. The average Bonchev–Trinajstić information content (AvgIpc) is 3.16. The number of rotatable bonds is 3. The largest absolute Gasteiger partial charge is 0.325 e. The van der Waals surface area contributed by atoms with E-state index in [1.54, 1.807) is 18.2 Å². The van der Waals surface area contributed by atoms with Crippen LogP contribution in [0.5, 0.6) is 0 Å². The first-order valence-electron chi connectivity index (χ1n) is 8.27. The van der Waals surface area contributed by atoms with Crippen molar-refractivity contribution in [2.75, 3.05) is 11.1 Å². The Labute approximate surface area is 165 Å². The van der Waals surface area contributed by atoms with E-state index in [4.69, 9.17) is 16.9 Å². The van der Waals surface area contributed by atoms with Crippen LogP contribution < -0.4 is 5.32 Å². The van der Waals surface area contributed by atoms with Crippen molar-refractivity contribution in [3.8, 4) is 6.07 Å². The van der Waals surface area contributed by atoms with Crippen LogP contribution in [0.2, 0.25) is 5.02 Å². The number of hydrazone groups is 1. The van der Waals surface area contributed by atoms with Crippen LogP contribution in [0.4, 0.5) is 11.4 Å². The average molecular weight is 396 g/mol. The molecule has 2 aliphatic heterocycles. The fourth-order valence-corrected chi connectivity index (χ4v) is 4.02. The third-order valence-electron chi connectivity index (χ3n) is 4.24. The highest BCUT2D eigenvalue weighted by atomic mass is 35.5. The Kier molecular flexibility index (Phi) is 4.84. The molecule has 0 aliphatic carbocycles. The van der Waals surface area contributed by atoms with Gasteiger partial charge in [0, 0.05) is 23.9 Å². The lowest BCUT2D eigenvalue weighted by atomic mass is 10.0. The second-order valence-electron chi connectivity index (χ2n) is 5.99. The summed E-state index contributed by atoms with van der Waals surface area (Å²) in [4.78, 5) is 17.0. The highest BCUT2D eigenvalue weighted by Crippen LogP contribution is 2.40. The number of amidine groups is 1. The predicted octanol–water partition coefficient (Wildman–Crippen LogP) is 4.32. The zero-order chi connectivity index (χ0) is 18.8. The van der Waals surface area contributed by atoms with E-state index in [0.29, 0.717) is 21.4 Å². The lowest BCUT2D eigenvalue weighted by Gasteiger charge is -2.29. The van der Waals surface area contributed by atoms with Crippen LogP contribution in [-0.2, 0) is 4.79 Å². The van der Waals surface area contributed by atoms with Crippen molar-refractivity contribution in [3.63, 3.8) is 0 Å². The number of thioether (sulfide) groups is 1. The molecular weight excluding hydrogens is 382 g/mol. The minimum absolute atomic E-state index is 0.140. The van der Waals surface area contributed by atoms with Crippen LogP contribution in [0, 0.1) is 11.3 Å². The first kappa shape index (κ1) is 17.6. The Hall–Kier alpha value is -2.82. The molecule has 1 atom stereocenters. The molecule has 2 aromatic rings. The molecule has 8 heteroatoms. The van der Waals surface area contributed by atoms with Gasteiger partial charge in [-0.3, -0.25) is 4.79 Å². The number of benzene rings is 2. The first-order chi connectivity index (χ1) is 13.2. The number of anilines is 1. The van der Waals surface area contributed by atoms with Gasteiger partial charge in [0.2, 0.25) is 5.91 Å². The second-order valence-corrected chi connectivity index (χ2v) is 7.34. The highest BCUT2D eigenvalue weighted by Gasteiger charge is 2.32. The molecule has 0 radical (unpaired) electrons. The Bertz CT molecular complexity index is 1010. The number of nitrogens with one attached hydrogen (secondary N) is 1. The minimum Gasteiger partial charge on any atom is -0.325 e. The maximum atomic E-state index is 12.3. The number of hydrogen-bond acceptors (Lipinski definition) is 6. The minimum atomic E-state index is -0.179. The number of para-hydroxylation sites is 1. The summed E-state index contributed by atoms with van der Waals surface area (Å²) in [6.45, 7) is 0. The lowest BCUT2D eigenvalue weighted by Crippen LogP contribution is -2.29. The summed E-state index contributed by atoms with van der Waals surface area (Å²) in [7, 11) is 0. The van der Waals surface area contributed by atoms with Crippen molar-refractivity contribution in [1.82, 2.24) is 5.01 Å². The Balaban J connectivity index is 1.44. The zero-order valence-electron chi connectivity index (χ0n) is 14.1. The number of nitriles is 1. The standard InChI is InChI=1S/C19H14ClN5OS/c20-15-9-13(6-5-12(15)10-21)23-18(26)11-27-19-24-16-4-2-1-3-14(16)17-7-8-22-25(17)19/h1-6,8-9,17H,7,11H2,(H,23,26)/t17-/m1/s1. The zero-order valence-corrected chi connectivity index (χ0v) is 15.7. The van der Waals surface area contributed by atoms with Crippen LogP contribution in [0.25, 0.3) is 0 Å². The molecule has 0 aromatic heterocycles. The van der Waals surface area contributed by atoms with Crippen molar-refractivity contribution in [2.24, 2.45) is 10.1 Å². The lowest BCUT2D eigenvalue weighted by molar-refractivity contribution is -0.113. The van der Waals surface area contributed by atoms with E-state index in [2.05, 4.69) is 21.5 Å². The van der Waals surface area contributed by atoms with Crippen LogP contribution in [0.1, 0.15) is 23.6 Å². The summed E-state index contributed by atoms with van der Waals surface area (Å²) < 4.78 is 0. The number of amides is 1. The van der Waals surface area contributed by atoms with Crippen molar-refractivity contribution < 1.29 is 4.79 Å². The van der Waals surface area contributed by atoms with E-state index < -0.39 is 0 Å².